The van der Waals surface area contributed by atoms with Crippen molar-refractivity contribution in [2.24, 2.45) is 0 Å². The van der Waals surface area contributed by atoms with Crippen LogP contribution < -0.4 is 5.73 Å². The largest absolute Gasteiger partial charge is 0.490 e. The SMILES string of the molecule is Nc1nc(SCCc2ccc([N+](=O)[O-])cc2)nc2c1ncn2[C@@H]1O[C@H](COP(=O)(O)OP(=O)(O)OP(=O)(O)O)[C@@H](O)[C@H]1O. The molecule has 0 radical (unpaired) electrons. The molecule has 1 aliphatic heterocycles. The second kappa shape index (κ2) is 12.9. The third-order valence-corrected chi connectivity index (χ3v) is 10.3. The molecule has 2 aromatic heterocycles. The highest BCUT2D eigenvalue weighted by molar-refractivity contribution is 7.99. The number of fused-ring (bicyclic) bond motifs is 1. The molecule has 0 spiro atoms. The fraction of sp³-hybridized carbons (Fsp3) is 0.389. The highest BCUT2D eigenvalue weighted by Gasteiger charge is 2.47. The molecule has 0 aliphatic carbocycles. The molecule has 1 aliphatic rings. The van der Waals surface area contributed by atoms with Gasteiger partial charge in [0, 0.05) is 17.9 Å². The Morgan fingerprint density at radius 2 is 1.72 bits per heavy atom. The number of nitrogens with zero attached hydrogens (tertiary/aromatic N) is 5. The lowest BCUT2D eigenvalue weighted by atomic mass is 10.1. The first-order chi connectivity index (χ1) is 19.9. The molecule has 3 heterocycles. The van der Waals surface area contributed by atoms with E-state index in [0.717, 1.165) is 5.56 Å². The van der Waals surface area contributed by atoms with Gasteiger partial charge < -0.3 is 40.3 Å². The molecule has 6 atom stereocenters. The lowest BCUT2D eigenvalue weighted by Crippen LogP contribution is -2.33. The van der Waals surface area contributed by atoms with E-state index in [1.165, 1.54) is 34.8 Å². The van der Waals surface area contributed by atoms with Crippen molar-refractivity contribution < 1.29 is 66.3 Å². The van der Waals surface area contributed by atoms with Gasteiger partial charge >= 0.3 is 23.5 Å². The van der Waals surface area contributed by atoms with Gasteiger partial charge in [-0.3, -0.25) is 19.2 Å². The van der Waals surface area contributed by atoms with Crippen LogP contribution in [0.25, 0.3) is 11.2 Å². The van der Waals surface area contributed by atoms with E-state index < -0.39 is 59.5 Å². The summed E-state index contributed by atoms with van der Waals surface area (Å²) in [4.78, 5) is 59.1. The van der Waals surface area contributed by atoms with E-state index >= 15 is 0 Å². The number of imidazole rings is 1. The zero-order valence-electron chi connectivity index (χ0n) is 21.2. The van der Waals surface area contributed by atoms with Gasteiger partial charge in [0.15, 0.2) is 22.8 Å². The Bertz CT molecular complexity index is 1640. The average molecular weight is 688 g/mol. The van der Waals surface area contributed by atoms with Crippen molar-refractivity contribution in [3.8, 4) is 0 Å². The molecule has 3 aromatic rings. The van der Waals surface area contributed by atoms with Crippen molar-refractivity contribution in [3.05, 3.63) is 46.3 Å². The molecular weight excluding hydrogens is 665 g/mol. The number of hydrogen-bond donors (Lipinski definition) is 7. The first kappa shape index (κ1) is 33.5. The normalized spacial score (nSPS) is 23.7. The number of benzene rings is 1. The summed E-state index contributed by atoms with van der Waals surface area (Å²) in [6.45, 7) is -1.01. The number of nitro groups is 1. The van der Waals surface area contributed by atoms with E-state index in [0.29, 0.717) is 12.2 Å². The first-order valence-corrected chi connectivity index (χ1v) is 17.1. The summed E-state index contributed by atoms with van der Waals surface area (Å²) in [5.41, 5.74) is 7.03. The number of thioether (sulfide) groups is 1. The molecular formula is C18H23N6O15P3S. The van der Waals surface area contributed by atoms with Crippen LogP contribution in [0.5, 0.6) is 0 Å². The summed E-state index contributed by atoms with van der Waals surface area (Å²) < 4.78 is 52.8. The molecule has 21 nitrogen and oxygen atoms in total. The van der Waals surface area contributed by atoms with Gasteiger partial charge in [-0.05, 0) is 12.0 Å². The van der Waals surface area contributed by atoms with Crippen LogP contribution in [0.4, 0.5) is 11.5 Å². The fourth-order valence-electron chi connectivity index (χ4n) is 3.78. The predicted octanol–water partition coefficient (Wildman–Crippen LogP) is 0.614. The van der Waals surface area contributed by atoms with Crippen molar-refractivity contribution in [3.63, 3.8) is 0 Å². The zero-order chi connectivity index (χ0) is 31.7. The lowest BCUT2D eigenvalue weighted by molar-refractivity contribution is -0.384. The molecule has 8 N–H and O–H groups in total. The van der Waals surface area contributed by atoms with Crippen LogP contribution >= 0.6 is 35.2 Å². The van der Waals surface area contributed by atoms with Gasteiger partial charge in [0.2, 0.25) is 0 Å². The number of ether oxygens (including phenoxy) is 1. The van der Waals surface area contributed by atoms with Gasteiger partial charge in [0.05, 0.1) is 17.9 Å². The topological polar surface area (TPSA) is 322 Å². The number of hydrogen-bond acceptors (Lipinski definition) is 16. The molecule has 1 fully saturated rings. The maximum Gasteiger partial charge on any atom is 0.490 e. The van der Waals surface area contributed by atoms with E-state index in [1.54, 1.807) is 12.1 Å². The molecule has 236 valence electrons. The number of aryl methyl sites for hydroxylation is 1. The van der Waals surface area contributed by atoms with Crippen LogP contribution in [0, 0.1) is 10.1 Å². The number of anilines is 1. The summed E-state index contributed by atoms with van der Waals surface area (Å²) in [6.07, 6.45) is -4.65. The van der Waals surface area contributed by atoms with Crippen molar-refractivity contribution in [1.82, 2.24) is 19.5 Å². The Morgan fingerprint density at radius 3 is 2.35 bits per heavy atom. The van der Waals surface area contributed by atoms with Crippen molar-refractivity contribution in [1.29, 1.82) is 0 Å². The summed E-state index contributed by atoms with van der Waals surface area (Å²) in [5, 5.41) is 32.1. The number of phosphoric ester groups is 1. The molecule has 4 rings (SSSR count). The second-order valence-corrected chi connectivity index (χ2v) is 14.2. The number of nitro benzene ring substituents is 1. The van der Waals surface area contributed by atoms with Gasteiger partial charge in [0.1, 0.15) is 23.8 Å². The van der Waals surface area contributed by atoms with Crippen LogP contribution in [0.1, 0.15) is 11.8 Å². The van der Waals surface area contributed by atoms with Crippen LogP contribution in [0.3, 0.4) is 0 Å². The molecule has 43 heavy (non-hydrogen) atoms. The minimum atomic E-state index is -5.76. The van der Waals surface area contributed by atoms with E-state index in [1.807, 2.05) is 0 Å². The van der Waals surface area contributed by atoms with E-state index in [4.69, 9.17) is 20.3 Å². The fourth-order valence-corrected chi connectivity index (χ4v) is 7.64. The Kier molecular flexibility index (Phi) is 10.1. The molecule has 25 heteroatoms. The van der Waals surface area contributed by atoms with Gasteiger partial charge in [0.25, 0.3) is 5.69 Å². The summed E-state index contributed by atoms with van der Waals surface area (Å²) >= 11 is 1.20. The minimum absolute atomic E-state index is 0.0150. The molecule has 1 aromatic carbocycles. The summed E-state index contributed by atoms with van der Waals surface area (Å²) in [6, 6.07) is 6.02. The third kappa shape index (κ3) is 8.62. The van der Waals surface area contributed by atoms with Crippen molar-refractivity contribution in [2.45, 2.75) is 36.1 Å². The van der Waals surface area contributed by atoms with Gasteiger partial charge in [-0.2, -0.15) is 8.62 Å². The van der Waals surface area contributed by atoms with Crippen LogP contribution in [0.2, 0.25) is 0 Å². The smallest absolute Gasteiger partial charge is 0.387 e. The maximum absolute atomic E-state index is 12.0. The van der Waals surface area contributed by atoms with Gasteiger partial charge in [-0.15, -0.1) is 0 Å². The molecule has 0 amide bonds. The van der Waals surface area contributed by atoms with E-state index in [2.05, 4.69) is 28.1 Å². The summed E-state index contributed by atoms with van der Waals surface area (Å²) in [5.74, 6) is 0.444. The Labute approximate surface area is 244 Å². The zero-order valence-corrected chi connectivity index (χ0v) is 24.7. The highest BCUT2D eigenvalue weighted by Crippen LogP contribution is 2.66. The number of aromatic nitrogens is 4. The Hall–Kier alpha value is -2.39. The molecule has 0 bridgehead atoms. The first-order valence-electron chi connectivity index (χ1n) is 11.6. The second-order valence-electron chi connectivity index (χ2n) is 8.67. The van der Waals surface area contributed by atoms with E-state index in [9.17, 15) is 43.8 Å². The summed E-state index contributed by atoms with van der Waals surface area (Å²) in [7, 11) is -16.9. The number of aliphatic hydroxyl groups is 2. The average Bonchev–Trinajstić information content (AvgIpc) is 3.42. The number of phosphoric acid groups is 3. The molecule has 2 unspecified atom stereocenters. The van der Waals surface area contributed by atoms with Crippen molar-refractivity contribution in [2.75, 3.05) is 18.1 Å². The molecule has 1 saturated heterocycles. The number of rotatable bonds is 13. The van der Waals surface area contributed by atoms with E-state index in [-0.39, 0.29) is 27.8 Å². The standard InChI is InChI=1S/C18H23N6O15P3S/c19-15-12-16(22-18(21-15)43-6-5-9-1-3-10(4-2-9)24(27)28)23(8-20-12)17-14(26)13(25)11(37-17)7-36-41(32,33)39-42(34,35)38-40(29,30)31/h1-4,8,11,13-14,17,25-26H,5-7H2,(H,32,33)(H,34,35)(H2,19,21,22)(H2,29,30,31)/t11-,13-,14-,17-/m1/s1. The Balaban J connectivity index is 1.43. The lowest BCUT2D eigenvalue weighted by Gasteiger charge is -2.19. The van der Waals surface area contributed by atoms with Crippen LogP contribution in [-0.2, 0) is 38.0 Å². The number of nitrogens with two attached hydrogens (primary N) is 1. The Morgan fingerprint density at radius 1 is 1.05 bits per heavy atom. The minimum Gasteiger partial charge on any atom is -0.387 e. The number of non-ortho nitro benzene ring substituents is 1. The quantitative estimate of drug-likeness (QED) is 0.0425. The molecule has 0 saturated carbocycles. The maximum atomic E-state index is 12.0. The predicted molar refractivity (Wildman–Crippen MR) is 143 cm³/mol. The third-order valence-electron chi connectivity index (χ3n) is 5.63. The number of aliphatic hydroxyl groups excluding tert-OH is 2. The van der Waals surface area contributed by atoms with Gasteiger partial charge in [-0.25, -0.2) is 28.6 Å². The van der Waals surface area contributed by atoms with Gasteiger partial charge in [-0.1, -0.05) is 23.9 Å². The highest BCUT2D eigenvalue weighted by atomic mass is 32.2. The monoisotopic (exact) mass is 688 g/mol. The van der Waals surface area contributed by atoms with Crippen molar-refractivity contribution >= 4 is 57.9 Å². The van der Waals surface area contributed by atoms with Crippen LogP contribution in [0.15, 0.2) is 35.7 Å². The van der Waals surface area contributed by atoms with Crippen LogP contribution in [-0.4, -0.2) is 84.9 Å². The number of nitrogen functional groups attached to an aromatic ring is 1.